The van der Waals surface area contributed by atoms with E-state index < -0.39 is 11.9 Å². The predicted octanol–water partition coefficient (Wildman–Crippen LogP) is 4.39. The van der Waals surface area contributed by atoms with Gasteiger partial charge in [0.1, 0.15) is 23.5 Å². The van der Waals surface area contributed by atoms with Crippen molar-refractivity contribution in [2.45, 2.75) is 25.4 Å². The Bertz CT molecular complexity index is 1480. The number of para-hydroxylation sites is 1. The molecular formula is C28H23F2N5O3S. The van der Waals surface area contributed by atoms with Crippen LogP contribution in [-0.2, 0) is 20.9 Å². The van der Waals surface area contributed by atoms with Crippen LogP contribution in [0.25, 0.3) is 0 Å². The molecule has 3 amide bonds. The number of halogens is 2. The number of carbonyl (C=O) groups excluding carboxylic acids is 3. The van der Waals surface area contributed by atoms with Crippen LogP contribution in [0, 0.1) is 11.6 Å². The summed E-state index contributed by atoms with van der Waals surface area (Å²) in [5, 5.41) is 5.78. The van der Waals surface area contributed by atoms with Gasteiger partial charge in [-0.05, 0) is 60.5 Å². The van der Waals surface area contributed by atoms with Crippen molar-refractivity contribution in [3.05, 3.63) is 95.6 Å². The Balaban J connectivity index is 1.23. The Kier molecular flexibility index (Phi) is 7.78. The molecule has 0 unspecified atom stereocenters. The number of nitrogens with zero attached hydrogens (tertiary/aromatic N) is 3. The molecule has 0 saturated heterocycles. The second-order valence-corrected chi connectivity index (χ2v) is 9.78. The largest absolute Gasteiger partial charge is 0.352 e. The number of anilines is 1. The van der Waals surface area contributed by atoms with Crippen molar-refractivity contribution in [1.82, 2.24) is 10.2 Å². The first-order valence-electron chi connectivity index (χ1n) is 12.2. The normalized spacial score (nSPS) is 15.7. The molecule has 39 heavy (non-hydrogen) atoms. The lowest BCUT2D eigenvalue weighted by Gasteiger charge is -2.25. The second kappa shape index (κ2) is 11.6. The van der Waals surface area contributed by atoms with E-state index in [1.807, 2.05) is 18.2 Å². The maximum Gasteiger partial charge on any atom is 0.259 e. The number of carbonyl (C=O) groups is 3. The number of amidine groups is 2. The van der Waals surface area contributed by atoms with Crippen LogP contribution in [0.4, 0.5) is 20.2 Å². The summed E-state index contributed by atoms with van der Waals surface area (Å²) in [5.41, 5.74) is 2.53. The first-order valence-corrected chi connectivity index (χ1v) is 13.1. The maximum atomic E-state index is 13.4. The van der Waals surface area contributed by atoms with Crippen molar-refractivity contribution in [2.75, 3.05) is 11.1 Å². The van der Waals surface area contributed by atoms with Gasteiger partial charge in [0.15, 0.2) is 5.17 Å². The number of rotatable bonds is 8. The molecule has 1 atom stereocenters. The summed E-state index contributed by atoms with van der Waals surface area (Å²) in [4.78, 5) is 48.9. The minimum Gasteiger partial charge on any atom is -0.352 e. The number of hydrogen-bond acceptors (Lipinski definition) is 6. The molecule has 2 aliphatic rings. The van der Waals surface area contributed by atoms with E-state index in [0.29, 0.717) is 27.9 Å². The summed E-state index contributed by atoms with van der Waals surface area (Å²) < 4.78 is 26.2. The van der Waals surface area contributed by atoms with Crippen molar-refractivity contribution < 1.29 is 23.2 Å². The van der Waals surface area contributed by atoms with Crippen molar-refractivity contribution in [3.8, 4) is 0 Å². The van der Waals surface area contributed by atoms with Crippen molar-refractivity contribution in [1.29, 1.82) is 0 Å². The van der Waals surface area contributed by atoms with Gasteiger partial charge in [-0.25, -0.2) is 18.7 Å². The average molecular weight is 548 g/mol. The van der Waals surface area contributed by atoms with Gasteiger partial charge in [0.05, 0.1) is 11.4 Å². The Hall–Kier alpha value is -4.38. The number of nitrogens with one attached hydrogen (secondary N) is 2. The Labute approximate surface area is 227 Å². The fraction of sp³-hybridized carbons (Fsp3) is 0.179. The number of amides is 3. The first kappa shape index (κ1) is 26.2. The summed E-state index contributed by atoms with van der Waals surface area (Å²) in [6.07, 6.45) is 0.267. The van der Waals surface area contributed by atoms with Gasteiger partial charge < -0.3 is 10.6 Å². The summed E-state index contributed by atoms with van der Waals surface area (Å²) in [7, 11) is 0. The van der Waals surface area contributed by atoms with Crippen LogP contribution in [0.15, 0.2) is 82.8 Å². The lowest BCUT2D eigenvalue weighted by Crippen LogP contribution is -2.41. The van der Waals surface area contributed by atoms with Crippen LogP contribution >= 0.6 is 11.8 Å². The third kappa shape index (κ3) is 6.20. The van der Waals surface area contributed by atoms with E-state index in [1.54, 1.807) is 18.2 Å². The van der Waals surface area contributed by atoms with Crippen molar-refractivity contribution >= 4 is 51.9 Å². The first-order chi connectivity index (χ1) is 18.9. The molecule has 0 fully saturated rings. The average Bonchev–Trinajstić information content (AvgIpc) is 3.28. The number of fused-ring (bicyclic) bond motifs is 3. The molecule has 3 aromatic carbocycles. The zero-order chi connectivity index (χ0) is 27.4. The van der Waals surface area contributed by atoms with E-state index in [1.165, 1.54) is 41.3 Å². The van der Waals surface area contributed by atoms with Crippen molar-refractivity contribution in [2.24, 2.45) is 9.98 Å². The minimum absolute atomic E-state index is 0.0358. The third-order valence-electron chi connectivity index (χ3n) is 6.06. The molecule has 5 rings (SSSR count). The fourth-order valence-corrected chi connectivity index (χ4v) is 4.91. The van der Waals surface area contributed by atoms with Crippen LogP contribution in [0.2, 0.25) is 0 Å². The molecule has 0 saturated carbocycles. The van der Waals surface area contributed by atoms with Gasteiger partial charge >= 0.3 is 0 Å². The SMILES string of the molecule is O=C(CC[C@@H]1N=C2c3ccccc3N=C(SCC(=O)Nc3ccc(F)cc3)N2C1=O)NCc1ccc(F)cc1. The van der Waals surface area contributed by atoms with E-state index >= 15 is 0 Å². The van der Waals surface area contributed by atoms with E-state index in [9.17, 15) is 23.2 Å². The Morgan fingerprint density at radius 3 is 2.36 bits per heavy atom. The number of thioether (sulfide) groups is 1. The zero-order valence-corrected chi connectivity index (χ0v) is 21.4. The van der Waals surface area contributed by atoms with Crippen molar-refractivity contribution in [3.63, 3.8) is 0 Å². The molecule has 0 aromatic heterocycles. The molecule has 198 valence electrons. The van der Waals surface area contributed by atoms with Crippen LogP contribution in [0.5, 0.6) is 0 Å². The molecular weight excluding hydrogens is 524 g/mol. The predicted molar refractivity (Wildman–Crippen MR) is 146 cm³/mol. The summed E-state index contributed by atoms with van der Waals surface area (Å²) in [6, 6.07) is 17.7. The molecule has 2 heterocycles. The van der Waals surface area contributed by atoms with Gasteiger partial charge in [0, 0.05) is 24.2 Å². The van der Waals surface area contributed by atoms with Crippen LogP contribution in [-0.4, -0.2) is 45.4 Å². The molecule has 0 radical (unpaired) electrons. The van der Waals surface area contributed by atoms with Gasteiger partial charge in [-0.2, -0.15) is 0 Å². The summed E-state index contributed by atoms with van der Waals surface area (Å²) in [6.45, 7) is 0.249. The number of hydrogen-bond donors (Lipinski definition) is 2. The van der Waals surface area contributed by atoms with E-state index in [0.717, 1.165) is 17.3 Å². The van der Waals surface area contributed by atoms with E-state index in [2.05, 4.69) is 20.6 Å². The monoisotopic (exact) mass is 547 g/mol. The minimum atomic E-state index is -0.776. The fourth-order valence-electron chi connectivity index (χ4n) is 4.11. The van der Waals surface area contributed by atoms with Crippen LogP contribution in [0.1, 0.15) is 24.0 Å². The van der Waals surface area contributed by atoms with Crippen LogP contribution < -0.4 is 10.6 Å². The van der Waals surface area contributed by atoms with Gasteiger partial charge in [-0.15, -0.1) is 0 Å². The highest BCUT2D eigenvalue weighted by atomic mass is 32.2. The van der Waals surface area contributed by atoms with Gasteiger partial charge in [0.25, 0.3) is 5.91 Å². The van der Waals surface area contributed by atoms with E-state index in [4.69, 9.17) is 0 Å². The molecule has 0 aliphatic carbocycles. The highest BCUT2D eigenvalue weighted by Gasteiger charge is 2.41. The topological polar surface area (TPSA) is 103 Å². The van der Waals surface area contributed by atoms with E-state index in [-0.39, 0.29) is 48.7 Å². The number of benzene rings is 3. The molecule has 2 aliphatic heterocycles. The zero-order valence-electron chi connectivity index (χ0n) is 20.6. The molecule has 11 heteroatoms. The molecule has 2 N–H and O–H groups in total. The number of aliphatic imine (C=N–C) groups is 2. The highest BCUT2D eigenvalue weighted by molar-refractivity contribution is 8.14. The molecule has 0 bridgehead atoms. The lowest BCUT2D eigenvalue weighted by atomic mass is 10.1. The molecule has 0 spiro atoms. The molecule has 8 nitrogen and oxygen atoms in total. The Morgan fingerprint density at radius 2 is 1.62 bits per heavy atom. The highest BCUT2D eigenvalue weighted by Crippen LogP contribution is 2.34. The van der Waals surface area contributed by atoms with Gasteiger partial charge in [-0.3, -0.25) is 19.4 Å². The third-order valence-corrected chi connectivity index (χ3v) is 6.99. The maximum absolute atomic E-state index is 13.4. The van der Waals surface area contributed by atoms with Gasteiger partial charge in [0.2, 0.25) is 11.8 Å². The molecule has 3 aromatic rings. The van der Waals surface area contributed by atoms with Crippen LogP contribution in [0.3, 0.4) is 0 Å². The standard InChI is InChI=1S/C28H23F2N5O3S/c29-18-7-5-17(6-8-18)15-31-24(36)14-13-23-27(38)35-26(33-23)21-3-1-2-4-22(21)34-28(35)39-16-25(37)32-20-11-9-19(30)10-12-20/h1-12,23H,13-16H2,(H,31,36)(H,32,37)/t23-/m0/s1. The Morgan fingerprint density at radius 1 is 0.923 bits per heavy atom. The lowest BCUT2D eigenvalue weighted by molar-refractivity contribution is -0.125. The summed E-state index contributed by atoms with van der Waals surface area (Å²) >= 11 is 1.09. The quantitative estimate of drug-likeness (QED) is 0.437. The smallest absolute Gasteiger partial charge is 0.259 e. The second-order valence-electron chi connectivity index (χ2n) is 8.84. The van der Waals surface area contributed by atoms with Gasteiger partial charge in [-0.1, -0.05) is 36.0 Å². The summed E-state index contributed by atoms with van der Waals surface area (Å²) in [5.74, 6) is -1.27.